The van der Waals surface area contributed by atoms with Gasteiger partial charge in [0.2, 0.25) is 5.91 Å². The molecule has 0 aromatic heterocycles. The fraction of sp³-hybridized carbons (Fsp3) is 0.500. The molecule has 0 spiro atoms. The molecule has 0 bridgehead atoms. The van der Waals surface area contributed by atoms with Gasteiger partial charge < -0.3 is 11.1 Å². The van der Waals surface area contributed by atoms with Crippen LogP contribution in [0.2, 0.25) is 0 Å². The molecular formula is C14H21FN2O. The molecule has 4 heteroatoms. The lowest BCUT2D eigenvalue weighted by atomic mass is 10.1. The first-order valence-corrected chi connectivity index (χ1v) is 6.41. The summed E-state index contributed by atoms with van der Waals surface area (Å²) in [5.74, 6) is -0.336. The number of carbonyl (C=O) groups excluding carboxylic acids is 1. The average molecular weight is 252 g/mol. The number of rotatable bonds is 7. The second kappa shape index (κ2) is 7.82. The summed E-state index contributed by atoms with van der Waals surface area (Å²) in [6.45, 7) is 2.65. The van der Waals surface area contributed by atoms with Crippen LogP contribution in [0.3, 0.4) is 0 Å². The molecule has 0 saturated heterocycles. The van der Waals surface area contributed by atoms with Crippen molar-refractivity contribution in [3.63, 3.8) is 0 Å². The lowest BCUT2D eigenvalue weighted by molar-refractivity contribution is -0.121. The number of amides is 1. The zero-order chi connectivity index (χ0) is 13.4. The molecule has 3 nitrogen and oxygen atoms in total. The molecule has 1 aromatic rings. The van der Waals surface area contributed by atoms with E-state index in [1.165, 1.54) is 6.07 Å². The van der Waals surface area contributed by atoms with Gasteiger partial charge in [0.15, 0.2) is 0 Å². The van der Waals surface area contributed by atoms with Crippen LogP contribution in [-0.2, 0) is 17.9 Å². The van der Waals surface area contributed by atoms with Crippen molar-refractivity contribution in [2.24, 2.45) is 5.73 Å². The molecule has 1 aromatic carbocycles. The molecule has 0 saturated carbocycles. The maximum absolute atomic E-state index is 13.6. The van der Waals surface area contributed by atoms with Crippen molar-refractivity contribution in [3.05, 3.63) is 35.1 Å². The highest BCUT2D eigenvalue weighted by molar-refractivity contribution is 5.75. The number of halogens is 1. The normalized spacial score (nSPS) is 10.4. The quantitative estimate of drug-likeness (QED) is 0.732. The maximum Gasteiger partial charge on any atom is 0.220 e. The SMILES string of the molecule is CCCCCC(=O)NCc1ccc(CN)cc1F. The zero-order valence-electron chi connectivity index (χ0n) is 10.8. The molecule has 1 amide bonds. The third-order valence-corrected chi connectivity index (χ3v) is 2.84. The van der Waals surface area contributed by atoms with Crippen LogP contribution in [0.25, 0.3) is 0 Å². The Kier molecular flexibility index (Phi) is 6.36. The van der Waals surface area contributed by atoms with E-state index in [4.69, 9.17) is 5.73 Å². The number of carbonyl (C=O) groups is 1. The number of hydrogen-bond acceptors (Lipinski definition) is 2. The van der Waals surface area contributed by atoms with Gasteiger partial charge in [0.25, 0.3) is 0 Å². The lowest BCUT2D eigenvalue weighted by Gasteiger charge is -2.07. The molecule has 0 atom stereocenters. The van der Waals surface area contributed by atoms with Gasteiger partial charge in [-0.3, -0.25) is 4.79 Å². The highest BCUT2D eigenvalue weighted by Crippen LogP contribution is 2.10. The van der Waals surface area contributed by atoms with E-state index in [1.54, 1.807) is 12.1 Å². The number of nitrogens with two attached hydrogens (primary N) is 1. The Bertz CT molecular complexity index is 393. The first-order valence-electron chi connectivity index (χ1n) is 6.41. The summed E-state index contributed by atoms with van der Waals surface area (Å²) in [7, 11) is 0. The second-order valence-electron chi connectivity index (χ2n) is 4.36. The van der Waals surface area contributed by atoms with Gasteiger partial charge in [0.1, 0.15) is 5.82 Å². The van der Waals surface area contributed by atoms with Crippen LogP contribution in [0, 0.1) is 5.82 Å². The summed E-state index contributed by atoms with van der Waals surface area (Å²) in [5, 5.41) is 2.73. The molecule has 0 aliphatic carbocycles. The van der Waals surface area contributed by atoms with Gasteiger partial charge in [-0.1, -0.05) is 31.9 Å². The van der Waals surface area contributed by atoms with Crippen LogP contribution in [0.15, 0.2) is 18.2 Å². The van der Waals surface area contributed by atoms with E-state index < -0.39 is 0 Å². The van der Waals surface area contributed by atoms with Crippen molar-refractivity contribution in [2.45, 2.75) is 45.7 Å². The molecule has 100 valence electrons. The van der Waals surface area contributed by atoms with E-state index in [0.29, 0.717) is 18.5 Å². The van der Waals surface area contributed by atoms with Crippen LogP contribution in [-0.4, -0.2) is 5.91 Å². The van der Waals surface area contributed by atoms with Crippen molar-refractivity contribution in [1.29, 1.82) is 0 Å². The van der Waals surface area contributed by atoms with Crippen molar-refractivity contribution in [3.8, 4) is 0 Å². The number of unbranched alkanes of at least 4 members (excludes halogenated alkanes) is 2. The molecule has 3 N–H and O–H groups in total. The first kappa shape index (κ1) is 14.6. The first-order chi connectivity index (χ1) is 8.67. The lowest BCUT2D eigenvalue weighted by Crippen LogP contribution is -2.23. The van der Waals surface area contributed by atoms with Gasteiger partial charge in [-0.25, -0.2) is 4.39 Å². The predicted molar refractivity (Wildman–Crippen MR) is 70.3 cm³/mol. The Morgan fingerprint density at radius 3 is 2.78 bits per heavy atom. The van der Waals surface area contributed by atoms with Crippen LogP contribution >= 0.6 is 0 Å². The van der Waals surface area contributed by atoms with E-state index in [9.17, 15) is 9.18 Å². The van der Waals surface area contributed by atoms with E-state index in [2.05, 4.69) is 12.2 Å². The highest BCUT2D eigenvalue weighted by atomic mass is 19.1. The topological polar surface area (TPSA) is 55.1 Å². The van der Waals surface area contributed by atoms with Crippen molar-refractivity contribution < 1.29 is 9.18 Å². The smallest absolute Gasteiger partial charge is 0.220 e. The minimum atomic E-state index is -0.313. The molecule has 0 fully saturated rings. The number of hydrogen-bond donors (Lipinski definition) is 2. The van der Waals surface area contributed by atoms with Gasteiger partial charge in [0.05, 0.1) is 0 Å². The molecule has 0 unspecified atom stereocenters. The van der Waals surface area contributed by atoms with Gasteiger partial charge >= 0.3 is 0 Å². The summed E-state index contributed by atoms with van der Waals surface area (Å²) in [6, 6.07) is 4.87. The van der Waals surface area contributed by atoms with Crippen LogP contribution in [0.5, 0.6) is 0 Å². The Labute approximate surface area is 108 Å². The fourth-order valence-corrected chi connectivity index (χ4v) is 1.68. The summed E-state index contributed by atoms with van der Waals surface area (Å²) in [6.07, 6.45) is 3.53. The third-order valence-electron chi connectivity index (χ3n) is 2.84. The van der Waals surface area contributed by atoms with Crippen LogP contribution < -0.4 is 11.1 Å². The minimum Gasteiger partial charge on any atom is -0.352 e. The number of benzene rings is 1. The van der Waals surface area contributed by atoms with E-state index in [0.717, 1.165) is 24.8 Å². The largest absolute Gasteiger partial charge is 0.352 e. The van der Waals surface area contributed by atoms with Gasteiger partial charge in [0, 0.05) is 25.1 Å². The van der Waals surface area contributed by atoms with E-state index >= 15 is 0 Å². The third kappa shape index (κ3) is 4.84. The predicted octanol–water partition coefficient (Wildman–Crippen LogP) is 2.48. The highest BCUT2D eigenvalue weighted by Gasteiger charge is 2.05. The maximum atomic E-state index is 13.6. The molecule has 0 aliphatic heterocycles. The summed E-state index contributed by atoms with van der Waals surface area (Å²) >= 11 is 0. The summed E-state index contributed by atoms with van der Waals surface area (Å²) in [5.41, 5.74) is 6.67. The molecule has 1 rings (SSSR count). The van der Waals surface area contributed by atoms with Crippen LogP contribution in [0.1, 0.15) is 43.7 Å². The molecule has 0 radical (unpaired) electrons. The molecule has 18 heavy (non-hydrogen) atoms. The molecular weight excluding hydrogens is 231 g/mol. The fourth-order valence-electron chi connectivity index (χ4n) is 1.68. The summed E-state index contributed by atoms with van der Waals surface area (Å²) in [4.78, 5) is 11.5. The van der Waals surface area contributed by atoms with Gasteiger partial charge in [-0.15, -0.1) is 0 Å². The number of nitrogens with one attached hydrogen (secondary N) is 1. The second-order valence-corrected chi connectivity index (χ2v) is 4.36. The van der Waals surface area contributed by atoms with E-state index in [-0.39, 0.29) is 18.3 Å². The monoisotopic (exact) mass is 252 g/mol. The van der Waals surface area contributed by atoms with Crippen molar-refractivity contribution >= 4 is 5.91 Å². The summed E-state index contributed by atoms with van der Waals surface area (Å²) < 4.78 is 13.6. The average Bonchev–Trinajstić information content (AvgIpc) is 2.37. The molecule has 0 heterocycles. The molecule has 0 aliphatic rings. The van der Waals surface area contributed by atoms with Crippen molar-refractivity contribution in [2.75, 3.05) is 0 Å². The zero-order valence-corrected chi connectivity index (χ0v) is 10.8. The Morgan fingerprint density at radius 2 is 2.17 bits per heavy atom. The van der Waals surface area contributed by atoms with E-state index in [1.807, 2.05) is 0 Å². The van der Waals surface area contributed by atoms with Gasteiger partial charge in [-0.05, 0) is 18.1 Å². The Balaban J connectivity index is 2.41. The van der Waals surface area contributed by atoms with Gasteiger partial charge in [-0.2, -0.15) is 0 Å². The standard InChI is InChI=1S/C14H21FN2O/c1-2-3-4-5-14(18)17-10-12-7-6-11(9-16)8-13(12)15/h6-8H,2-5,9-10,16H2,1H3,(H,17,18). The Hall–Kier alpha value is -1.42. The van der Waals surface area contributed by atoms with Crippen molar-refractivity contribution in [1.82, 2.24) is 5.32 Å². The van der Waals surface area contributed by atoms with Crippen LogP contribution in [0.4, 0.5) is 4.39 Å². The Morgan fingerprint density at radius 1 is 1.39 bits per heavy atom. The minimum absolute atomic E-state index is 0.0225.